The minimum absolute atomic E-state index is 0.0897. The topological polar surface area (TPSA) is 47.6 Å². The van der Waals surface area contributed by atoms with E-state index in [1.807, 2.05) is 0 Å². The Bertz CT molecular complexity index is 181. The highest BCUT2D eigenvalue weighted by Crippen LogP contribution is 2.26. The third-order valence-electron chi connectivity index (χ3n) is 2.81. The Morgan fingerprint density at radius 3 is 2.57 bits per heavy atom. The van der Waals surface area contributed by atoms with Gasteiger partial charge in [0.25, 0.3) is 6.85 Å². The van der Waals surface area contributed by atoms with Crippen molar-refractivity contribution < 1.29 is 14.4 Å². The molecule has 0 saturated carbocycles. The van der Waals surface area contributed by atoms with Gasteiger partial charge in [-0.25, -0.2) is 5.39 Å². The first-order valence-electron chi connectivity index (χ1n) is 5.11. The van der Waals surface area contributed by atoms with Crippen LogP contribution in [0.5, 0.6) is 0 Å². The van der Waals surface area contributed by atoms with Crippen LogP contribution in [0.3, 0.4) is 0 Å². The number of esters is 1. The fraction of sp³-hybridized carbons (Fsp3) is 0.889. The second kappa shape index (κ2) is 6.04. The highest BCUT2D eigenvalue weighted by Gasteiger charge is 2.25. The van der Waals surface area contributed by atoms with Gasteiger partial charge in [0.15, 0.2) is 0 Å². The number of carbonyl (C=O) groups is 1. The van der Waals surface area contributed by atoms with Gasteiger partial charge in [-0.3, -0.25) is 4.79 Å². The monoisotopic (exact) mass is 199 g/mol. The van der Waals surface area contributed by atoms with Gasteiger partial charge >= 0.3 is 5.97 Å². The molecule has 4 nitrogen and oxygen atoms in total. The zero-order valence-electron chi connectivity index (χ0n) is 8.91. The lowest BCUT2D eigenvalue weighted by Gasteiger charge is -2.25. The van der Waals surface area contributed by atoms with Gasteiger partial charge in [0, 0.05) is 6.42 Å². The van der Waals surface area contributed by atoms with Crippen LogP contribution in [0.2, 0.25) is 12.6 Å². The van der Waals surface area contributed by atoms with Crippen molar-refractivity contribution in [1.29, 1.82) is 0 Å². The molecule has 0 bridgehead atoms. The van der Waals surface area contributed by atoms with Gasteiger partial charge in [-0.2, -0.15) is 0 Å². The van der Waals surface area contributed by atoms with E-state index in [2.05, 4.69) is 10.1 Å². The summed E-state index contributed by atoms with van der Waals surface area (Å²) in [5, 5.41) is 2.96. The molecular weight excluding hydrogens is 181 g/mol. The summed E-state index contributed by atoms with van der Waals surface area (Å²) in [4.78, 5) is 15.9. The van der Waals surface area contributed by atoms with Crippen molar-refractivity contribution in [3.05, 3.63) is 0 Å². The molecule has 5 heteroatoms. The Labute approximate surface area is 85.4 Å². The van der Waals surface area contributed by atoms with E-state index in [1.54, 1.807) is 7.11 Å². The van der Waals surface area contributed by atoms with Crippen LogP contribution in [-0.4, -0.2) is 27.0 Å². The molecule has 1 fully saturated rings. The third-order valence-corrected chi connectivity index (χ3v) is 2.81. The zero-order valence-corrected chi connectivity index (χ0v) is 8.91. The lowest BCUT2D eigenvalue weighted by molar-refractivity contribution is -0.141. The van der Waals surface area contributed by atoms with Crippen molar-refractivity contribution in [3.63, 3.8) is 0 Å². The Morgan fingerprint density at radius 2 is 2.07 bits per heavy atom. The van der Waals surface area contributed by atoms with Crippen molar-refractivity contribution in [2.75, 3.05) is 14.2 Å². The smallest absolute Gasteiger partial charge is 0.305 e. The van der Waals surface area contributed by atoms with Crippen molar-refractivity contribution in [2.45, 2.75) is 31.9 Å². The highest BCUT2D eigenvalue weighted by molar-refractivity contribution is 6.55. The summed E-state index contributed by atoms with van der Waals surface area (Å²) < 4.78 is 4.65. The summed E-state index contributed by atoms with van der Waals surface area (Å²) in [6.07, 6.45) is 4.88. The van der Waals surface area contributed by atoms with E-state index >= 15 is 0 Å². The van der Waals surface area contributed by atoms with Gasteiger partial charge in [-0.05, 0) is 5.92 Å². The largest absolute Gasteiger partial charge is 0.469 e. The molecule has 0 aromatic rings. The molecule has 14 heavy (non-hydrogen) atoms. The van der Waals surface area contributed by atoms with E-state index in [0.29, 0.717) is 19.2 Å². The summed E-state index contributed by atoms with van der Waals surface area (Å²) in [7, 11) is 3.08. The standard InChI is InChI=1S/C9H18BNO3/c1-13-9(12)7-8-3-5-10(6-4-8)11-14-2/h8,11H,3-7H2,1-2H3. The van der Waals surface area contributed by atoms with E-state index in [1.165, 1.54) is 7.11 Å². The molecule has 1 rings (SSSR count). The first-order valence-corrected chi connectivity index (χ1v) is 5.11. The zero-order chi connectivity index (χ0) is 10.4. The van der Waals surface area contributed by atoms with E-state index in [0.717, 1.165) is 25.5 Å². The van der Waals surface area contributed by atoms with Gasteiger partial charge in [0.1, 0.15) is 0 Å². The SMILES string of the molecule is CONB1CCC(CC(=O)OC)CC1. The molecule has 0 aromatic heterocycles. The van der Waals surface area contributed by atoms with E-state index in [-0.39, 0.29) is 5.97 Å². The van der Waals surface area contributed by atoms with Crippen molar-refractivity contribution in [3.8, 4) is 0 Å². The van der Waals surface area contributed by atoms with Crippen LogP contribution in [0.1, 0.15) is 19.3 Å². The van der Waals surface area contributed by atoms with Crippen LogP contribution >= 0.6 is 0 Å². The molecule has 1 aliphatic heterocycles. The van der Waals surface area contributed by atoms with Crippen LogP contribution < -0.4 is 5.39 Å². The fourth-order valence-electron chi connectivity index (χ4n) is 1.97. The number of hydrogen-bond donors (Lipinski definition) is 1. The summed E-state index contributed by atoms with van der Waals surface area (Å²) in [5.74, 6) is 0.408. The van der Waals surface area contributed by atoms with Crippen molar-refractivity contribution >= 4 is 12.8 Å². The molecule has 80 valence electrons. The van der Waals surface area contributed by atoms with E-state index in [9.17, 15) is 4.79 Å². The minimum atomic E-state index is -0.0897. The Morgan fingerprint density at radius 1 is 1.43 bits per heavy atom. The number of rotatable bonds is 4. The van der Waals surface area contributed by atoms with Gasteiger partial charge in [0.2, 0.25) is 0 Å². The maximum absolute atomic E-state index is 11.0. The molecular formula is C9H18BNO3. The maximum atomic E-state index is 11.0. The predicted octanol–water partition coefficient (Wildman–Crippen LogP) is 1.10. The first kappa shape index (κ1) is 11.5. The van der Waals surface area contributed by atoms with Gasteiger partial charge in [0.05, 0.1) is 14.2 Å². The van der Waals surface area contributed by atoms with Crippen molar-refractivity contribution in [2.24, 2.45) is 5.92 Å². The lowest BCUT2D eigenvalue weighted by Crippen LogP contribution is -2.36. The second-order valence-corrected chi connectivity index (χ2v) is 3.82. The molecule has 1 N–H and O–H groups in total. The normalized spacial score (nSPS) is 18.3. The summed E-state index contributed by atoms with van der Waals surface area (Å²) in [5.41, 5.74) is 0. The quantitative estimate of drug-likeness (QED) is 0.418. The average Bonchev–Trinajstić information content (AvgIpc) is 2.21. The van der Waals surface area contributed by atoms with Crippen LogP contribution in [0.4, 0.5) is 0 Å². The number of nitrogens with one attached hydrogen (secondary N) is 1. The second-order valence-electron chi connectivity index (χ2n) is 3.82. The van der Waals surface area contributed by atoms with Crippen molar-refractivity contribution in [1.82, 2.24) is 5.39 Å². The van der Waals surface area contributed by atoms with Crippen LogP contribution in [0.15, 0.2) is 0 Å². The molecule has 0 aliphatic carbocycles. The lowest BCUT2D eigenvalue weighted by atomic mass is 9.50. The predicted molar refractivity (Wildman–Crippen MR) is 54.9 cm³/mol. The molecule has 0 unspecified atom stereocenters. The number of methoxy groups -OCH3 is 1. The molecule has 1 saturated heterocycles. The van der Waals surface area contributed by atoms with E-state index < -0.39 is 0 Å². The third kappa shape index (κ3) is 3.68. The maximum Gasteiger partial charge on any atom is 0.305 e. The first-order chi connectivity index (χ1) is 6.76. The number of carbonyl (C=O) groups excluding carboxylic acids is 1. The fourth-order valence-corrected chi connectivity index (χ4v) is 1.97. The Hall–Kier alpha value is -0.545. The summed E-state index contributed by atoms with van der Waals surface area (Å²) in [6.45, 7) is 0.453. The number of hydrogen-bond acceptors (Lipinski definition) is 4. The molecule has 0 spiro atoms. The van der Waals surface area contributed by atoms with Crippen LogP contribution in [0.25, 0.3) is 0 Å². The molecule has 0 aromatic carbocycles. The van der Waals surface area contributed by atoms with Gasteiger partial charge in [-0.15, -0.1) is 0 Å². The van der Waals surface area contributed by atoms with Crippen LogP contribution in [0, 0.1) is 5.92 Å². The van der Waals surface area contributed by atoms with Gasteiger partial charge in [-0.1, -0.05) is 25.5 Å². The highest BCUT2D eigenvalue weighted by atomic mass is 16.6. The summed E-state index contributed by atoms with van der Waals surface area (Å²) in [6, 6.07) is 0. The Kier molecular flexibility index (Phi) is 4.97. The Balaban J connectivity index is 2.18. The van der Waals surface area contributed by atoms with E-state index in [4.69, 9.17) is 4.84 Å². The molecule has 0 amide bonds. The average molecular weight is 199 g/mol. The van der Waals surface area contributed by atoms with Crippen LogP contribution in [-0.2, 0) is 14.4 Å². The molecule has 1 heterocycles. The molecule has 0 radical (unpaired) electrons. The minimum Gasteiger partial charge on any atom is -0.469 e. The summed E-state index contributed by atoms with van der Waals surface area (Å²) >= 11 is 0. The van der Waals surface area contributed by atoms with Gasteiger partial charge < -0.3 is 9.57 Å². The molecule has 1 aliphatic rings. The number of ether oxygens (including phenoxy) is 1. The molecule has 0 atom stereocenters.